The van der Waals surface area contributed by atoms with Gasteiger partial charge in [-0.25, -0.2) is 17.7 Å². The summed E-state index contributed by atoms with van der Waals surface area (Å²) in [6.45, 7) is 0.256. The van der Waals surface area contributed by atoms with Crippen LogP contribution in [0.3, 0.4) is 0 Å². The van der Waals surface area contributed by atoms with Crippen molar-refractivity contribution in [3.05, 3.63) is 46.4 Å². The second-order valence-electron chi connectivity index (χ2n) is 5.15. The fraction of sp³-hybridized carbons (Fsp3) is 0.267. The lowest BCUT2D eigenvalue weighted by atomic mass is 10.2. The van der Waals surface area contributed by atoms with Gasteiger partial charge < -0.3 is 5.32 Å². The van der Waals surface area contributed by atoms with Gasteiger partial charge in [0, 0.05) is 37.5 Å². The van der Waals surface area contributed by atoms with E-state index in [1.54, 1.807) is 18.3 Å². The Kier molecular flexibility index (Phi) is 4.63. The maximum Gasteiger partial charge on any atom is 0.269 e. The van der Waals surface area contributed by atoms with Crippen molar-refractivity contribution in [2.45, 2.75) is 17.7 Å². The van der Waals surface area contributed by atoms with E-state index in [0.717, 1.165) is 9.31 Å². The molecule has 1 aromatic heterocycles. The third kappa shape index (κ3) is 3.17. The molecular formula is C15H15N3O4S2. The monoisotopic (exact) mass is 365 g/mol. The molecule has 9 heteroatoms. The van der Waals surface area contributed by atoms with Gasteiger partial charge in [-0.05, 0) is 12.1 Å². The smallest absolute Gasteiger partial charge is 0.269 e. The molecule has 3 rings (SSSR count). The van der Waals surface area contributed by atoms with Gasteiger partial charge in [0.05, 0.1) is 10.6 Å². The van der Waals surface area contributed by atoms with Gasteiger partial charge in [0.1, 0.15) is 4.90 Å². The van der Waals surface area contributed by atoms with Crippen LogP contribution in [-0.4, -0.2) is 42.6 Å². The number of hydrogen-bond acceptors (Lipinski definition) is 6. The van der Waals surface area contributed by atoms with E-state index in [2.05, 4.69) is 10.3 Å². The van der Waals surface area contributed by atoms with Gasteiger partial charge in [0.15, 0.2) is 0 Å². The minimum absolute atomic E-state index is 0.000761. The first-order chi connectivity index (χ1) is 11.5. The van der Waals surface area contributed by atoms with Crippen LogP contribution in [0.25, 0.3) is 0 Å². The Morgan fingerprint density at radius 2 is 2.08 bits per heavy atom. The molecule has 0 radical (unpaired) electrons. The first-order valence-corrected chi connectivity index (χ1v) is 9.63. The minimum atomic E-state index is -3.85. The number of nitrogens with zero attached hydrogens (tertiary/aromatic N) is 2. The van der Waals surface area contributed by atoms with Gasteiger partial charge in [0.2, 0.25) is 5.91 Å². The van der Waals surface area contributed by atoms with Gasteiger partial charge >= 0.3 is 0 Å². The van der Waals surface area contributed by atoms with Gasteiger partial charge in [-0.3, -0.25) is 9.59 Å². The molecule has 0 aliphatic carbocycles. The van der Waals surface area contributed by atoms with E-state index in [0.29, 0.717) is 13.0 Å². The van der Waals surface area contributed by atoms with E-state index in [1.165, 1.54) is 23.5 Å². The van der Waals surface area contributed by atoms with Gasteiger partial charge in [-0.2, -0.15) is 0 Å². The number of benzene rings is 1. The van der Waals surface area contributed by atoms with E-state index >= 15 is 0 Å². The van der Waals surface area contributed by atoms with Crippen LogP contribution in [0.4, 0.5) is 0 Å². The maximum absolute atomic E-state index is 12.3. The molecule has 2 aromatic rings. The second kappa shape index (κ2) is 6.70. The summed E-state index contributed by atoms with van der Waals surface area (Å²) in [5, 5.41) is 5.48. The Morgan fingerprint density at radius 3 is 2.79 bits per heavy atom. The lowest BCUT2D eigenvalue weighted by molar-refractivity contribution is -0.121. The van der Waals surface area contributed by atoms with Crippen LogP contribution in [0.5, 0.6) is 0 Å². The van der Waals surface area contributed by atoms with Crippen molar-refractivity contribution in [1.82, 2.24) is 14.6 Å². The van der Waals surface area contributed by atoms with Crippen LogP contribution in [0.15, 0.2) is 40.7 Å². The van der Waals surface area contributed by atoms with Gasteiger partial charge in [-0.15, -0.1) is 11.3 Å². The molecule has 1 aliphatic heterocycles. The van der Waals surface area contributed by atoms with Crippen LogP contribution in [0, 0.1) is 0 Å². The quantitative estimate of drug-likeness (QED) is 0.825. The van der Waals surface area contributed by atoms with Crippen molar-refractivity contribution in [2.24, 2.45) is 0 Å². The van der Waals surface area contributed by atoms with Crippen LogP contribution >= 0.6 is 11.3 Å². The molecule has 7 nitrogen and oxygen atoms in total. The van der Waals surface area contributed by atoms with E-state index in [9.17, 15) is 18.0 Å². The zero-order valence-electron chi connectivity index (χ0n) is 12.6. The van der Waals surface area contributed by atoms with Crippen molar-refractivity contribution in [1.29, 1.82) is 0 Å². The number of hydrogen-bond donors (Lipinski definition) is 1. The standard InChI is InChI=1S/C15H15N3O4S2/c19-13(16-7-5-14-17-8-10-23-14)6-9-18-15(20)11-3-1-2-4-12(11)24(18,21)22/h1-4,8,10H,5-7,9H2,(H,16,19). The van der Waals surface area contributed by atoms with Crippen molar-refractivity contribution in [3.8, 4) is 0 Å². The Morgan fingerprint density at radius 1 is 1.29 bits per heavy atom. The van der Waals surface area contributed by atoms with Crippen molar-refractivity contribution in [3.63, 3.8) is 0 Å². The number of carbonyl (C=O) groups is 2. The number of amides is 2. The average molecular weight is 365 g/mol. The lowest BCUT2D eigenvalue weighted by Gasteiger charge is -2.14. The molecule has 0 atom stereocenters. The number of thiazole rings is 1. The fourth-order valence-corrected chi connectivity index (χ4v) is 4.62. The molecule has 0 saturated carbocycles. The molecule has 2 heterocycles. The average Bonchev–Trinajstić information content (AvgIpc) is 3.13. The Balaban J connectivity index is 1.55. The summed E-state index contributed by atoms with van der Waals surface area (Å²) in [5.74, 6) is -0.883. The molecule has 0 bridgehead atoms. The predicted octanol–water partition coefficient (Wildman–Crippen LogP) is 1.04. The molecule has 0 fully saturated rings. The molecule has 1 aromatic carbocycles. The number of rotatable bonds is 6. The van der Waals surface area contributed by atoms with Gasteiger partial charge in [-0.1, -0.05) is 12.1 Å². The summed E-state index contributed by atoms with van der Waals surface area (Å²) in [6.07, 6.45) is 2.25. The number of sulfonamides is 1. The fourth-order valence-electron chi connectivity index (χ4n) is 2.43. The van der Waals surface area contributed by atoms with Crippen molar-refractivity contribution < 1.29 is 18.0 Å². The van der Waals surface area contributed by atoms with E-state index in [1.807, 2.05) is 5.38 Å². The summed E-state index contributed by atoms with van der Waals surface area (Å²) in [5.41, 5.74) is 0.154. The highest BCUT2D eigenvalue weighted by atomic mass is 32.2. The maximum atomic E-state index is 12.3. The van der Waals surface area contributed by atoms with Crippen LogP contribution in [0.1, 0.15) is 21.8 Å². The van der Waals surface area contributed by atoms with Crippen LogP contribution < -0.4 is 5.32 Å². The molecule has 0 spiro atoms. The van der Waals surface area contributed by atoms with Crippen LogP contribution in [0.2, 0.25) is 0 Å². The predicted molar refractivity (Wildman–Crippen MR) is 88.1 cm³/mol. The van der Waals surface area contributed by atoms with Crippen molar-refractivity contribution >= 4 is 33.2 Å². The molecule has 1 N–H and O–H groups in total. The third-order valence-electron chi connectivity index (χ3n) is 3.60. The SMILES string of the molecule is O=C(CCN1C(=O)c2ccccc2S1(=O)=O)NCCc1nccs1. The highest BCUT2D eigenvalue weighted by Crippen LogP contribution is 2.29. The highest BCUT2D eigenvalue weighted by Gasteiger charge is 2.40. The van der Waals surface area contributed by atoms with Gasteiger partial charge in [0.25, 0.3) is 15.9 Å². The Hall–Kier alpha value is -2.26. The number of fused-ring (bicyclic) bond motifs is 1. The van der Waals surface area contributed by atoms with E-state index in [4.69, 9.17) is 0 Å². The zero-order chi connectivity index (χ0) is 17.2. The number of aromatic nitrogens is 1. The van der Waals surface area contributed by atoms with E-state index in [-0.39, 0.29) is 29.3 Å². The molecule has 0 saturated heterocycles. The summed E-state index contributed by atoms with van der Waals surface area (Å²) in [4.78, 5) is 28.2. The topological polar surface area (TPSA) is 96.4 Å². The molecule has 126 valence electrons. The Labute approximate surface area is 143 Å². The molecule has 24 heavy (non-hydrogen) atoms. The normalized spacial score (nSPS) is 15.3. The lowest BCUT2D eigenvalue weighted by Crippen LogP contribution is -2.35. The molecule has 0 unspecified atom stereocenters. The summed E-state index contributed by atoms with van der Waals surface area (Å²) >= 11 is 1.51. The minimum Gasteiger partial charge on any atom is -0.356 e. The molecule has 1 aliphatic rings. The highest BCUT2D eigenvalue weighted by molar-refractivity contribution is 7.90. The number of carbonyl (C=O) groups excluding carboxylic acids is 2. The van der Waals surface area contributed by atoms with E-state index < -0.39 is 15.9 Å². The zero-order valence-corrected chi connectivity index (χ0v) is 14.3. The van der Waals surface area contributed by atoms with Crippen molar-refractivity contribution in [2.75, 3.05) is 13.1 Å². The second-order valence-corrected chi connectivity index (χ2v) is 7.96. The Bertz CT molecular complexity index is 863. The first-order valence-electron chi connectivity index (χ1n) is 7.31. The first kappa shape index (κ1) is 16.6. The molecular weight excluding hydrogens is 350 g/mol. The number of nitrogens with one attached hydrogen (secondary N) is 1. The molecule has 2 amide bonds. The third-order valence-corrected chi connectivity index (χ3v) is 6.28. The largest absolute Gasteiger partial charge is 0.356 e. The van der Waals surface area contributed by atoms with Crippen LogP contribution in [-0.2, 0) is 21.2 Å². The summed E-state index contributed by atoms with van der Waals surface area (Å²) < 4.78 is 25.4. The summed E-state index contributed by atoms with van der Waals surface area (Å²) in [6, 6.07) is 6.06. The summed E-state index contributed by atoms with van der Waals surface area (Å²) in [7, 11) is -3.85.